The number of aliphatic hydroxyl groups is 2. The van der Waals surface area contributed by atoms with Gasteiger partial charge in [-0.1, -0.05) is 47.5 Å². The van der Waals surface area contributed by atoms with E-state index in [0.29, 0.717) is 49.6 Å². The van der Waals surface area contributed by atoms with E-state index in [9.17, 15) is 10.2 Å². The Morgan fingerprint density at radius 1 is 0.804 bits per heavy atom. The van der Waals surface area contributed by atoms with Gasteiger partial charge >= 0.3 is 0 Å². The fourth-order valence-corrected chi connectivity index (χ4v) is 8.47. The van der Waals surface area contributed by atoms with Crippen molar-refractivity contribution in [3.63, 3.8) is 0 Å². The van der Waals surface area contributed by atoms with E-state index in [0.717, 1.165) is 87.8 Å². The van der Waals surface area contributed by atoms with Gasteiger partial charge in [-0.2, -0.15) is 0 Å². The highest BCUT2D eigenvalue weighted by molar-refractivity contribution is 6.30. The summed E-state index contributed by atoms with van der Waals surface area (Å²) in [6.07, 6.45) is 5.89. The molecule has 0 aliphatic carbocycles. The molecular formula is C41H61Cl2N7O6. The van der Waals surface area contributed by atoms with Crippen LogP contribution in [0.25, 0.3) is 0 Å². The molecule has 13 nitrogen and oxygen atoms in total. The molecule has 2 unspecified atom stereocenters. The lowest BCUT2D eigenvalue weighted by Gasteiger charge is -2.47. The first kappa shape index (κ1) is 44.3. The van der Waals surface area contributed by atoms with Crippen LogP contribution >= 0.6 is 23.2 Å². The zero-order valence-corrected chi connectivity index (χ0v) is 34.5. The number of hydrogen-bond acceptors (Lipinski definition) is 12. The number of rotatable bonds is 8. The Balaban J connectivity index is 0.000000200. The minimum absolute atomic E-state index is 0.0775. The lowest BCUT2D eigenvalue weighted by molar-refractivity contribution is -0.134. The van der Waals surface area contributed by atoms with Gasteiger partial charge in [0.15, 0.2) is 0 Å². The molecule has 4 fully saturated rings. The topological polar surface area (TPSA) is 169 Å². The van der Waals surface area contributed by atoms with Crippen molar-refractivity contribution in [2.24, 2.45) is 15.9 Å². The molecule has 6 atom stereocenters. The summed E-state index contributed by atoms with van der Waals surface area (Å²) >= 11 is 12.0. The van der Waals surface area contributed by atoms with Crippen molar-refractivity contribution < 1.29 is 29.6 Å². The molecule has 0 radical (unpaired) electrons. The number of carbonyl (C=O) groups is 1. The minimum atomic E-state index is -0.833. The first-order valence-electron chi connectivity index (χ1n) is 20.0. The summed E-state index contributed by atoms with van der Waals surface area (Å²) in [5.74, 6) is 0.751. The van der Waals surface area contributed by atoms with Gasteiger partial charge in [0, 0.05) is 67.3 Å². The molecule has 6 N–H and O–H groups in total. The van der Waals surface area contributed by atoms with E-state index in [2.05, 4.69) is 54.5 Å². The molecule has 0 saturated carbocycles. The third-order valence-corrected chi connectivity index (χ3v) is 11.8. The van der Waals surface area contributed by atoms with Crippen molar-refractivity contribution in [1.29, 1.82) is 0 Å². The standard InChI is InChI=1S/C21H30ClN5O2.C18H27ClN2O2.C2H4O2/c1-14(28)19-12-27(18(13-29-19)10-15-2-4-16(22)5-3-15)17-6-8-26(9-7-17)21-11-20(23)24-25-21;1-13(22)18-11-21(16-6-8-20-9-7-16)17(12-23-18)10-14-2-4-15(19)5-3-14;1-2(3)4/h2-5,14,17-19,28H,6-13H2,1H3,(H2,23,24);2-5,13,16-18,20,22H,6-12H2,1H3;1H3,(H,3,4)/t14?,18-,19+;13?,17-,18+;/m00./s1. The maximum Gasteiger partial charge on any atom is 0.300 e. The van der Waals surface area contributed by atoms with Crippen molar-refractivity contribution in [3.8, 4) is 0 Å². The summed E-state index contributed by atoms with van der Waals surface area (Å²) in [6.45, 7) is 11.7. The number of hydrogen-bond donors (Lipinski definition) is 5. The smallest absolute Gasteiger partial charge is 0.300 e. The fraction of sp³-hybridized carbons (Fsp3) is 0.634. The van der Waals surface area contributed by atoms with Gasteiger partial charge in [0.1, 0.15) is 11.7 Å². The number of halogens is 2. The Morgan fingerprint density at radius 2 is 1.23 bits per heavy atom. The van der Waals surface area contributed by atoms with Crippen molar-refractivity contribution in [1.82, 2.24) is 20.0 Å². The molecule has 0 aromatic heterocycles. The zero-order valence-electron chi connectivity index (χ0n) is 33.0. The third kappa shape index (κ3) is 13.4. The van der Waals surface area contributed by atoms with Crippen LogP contribution in [0.2, 0.25) is 10.0 Å². The van der Waals surface area contributed by atoms with Gasteiger partial charge in [0.2, 0.25) is 0 Å². The molecule has 0 bridgehead atoms. The molecule has 56 heavy (non-hydrogen) atoms. The van der Waals surface area contributed by atoms with E-state index < -0.39 is 18.2 Å². The SMILES string of the molecule is CC(=O)O.CC(O)[C@H]1CN(C2CCN(C3=NN=C(N)C3)CC2)[C@@H](Cc2ccc(Cl)cc2)CO1.CC(O)[C@H]1CN(C2CCNCC2)[C@@H](Cc2ccc(Cl)cc2)CO1. The second-order valence-corrected chi connectivity index (χ2v) is 16.5. The van der Waals surface area contributed by atoms with Gasteiger partial charge in [-0.25, -0.2) is 0 Å². The van der Waals surface area contributed by atoms with Crippen LogP contribution in [0.3, 0.4) is 0 Å². The number of amidine groups is 2. The van der Waals surface area contributed by atoms with Crippen LogP contribution in [0, 0.1) is 0 Å². The molecule has 4 saturated heterocycles. The van der Waals surface area contributed by atoms with Crippen molar-refractivity contribution in [2.45, 2.75) is 114 Å². The van der Waals surface area contributed by atoms with Gasteiger partial charge in [0.25, 0.3) is 5.97 Å². The maximum absolute atomic E-state index is 10.1. The molecule has 310 valence electrons. The van der Waals surface area contributed by atoms with Crippen LogP contribution in [0.15, 0.2) is 58.7 Å². The van der Waals surface area contributed by atoms with E-state index in [-0.39, 0.29) is 12.2 Å². The van der Waals surface area contributed by atoms with Crippen LogP contribution < -0.4 is 11.1 Å². The monoisotopic (exact) mass is 817 g/mol. The highest BCUT2D eigenvalue weighted by Gasteiger charge is 2.38. The average molecular weight is 819 g/mol. The number of piperidine rings is 2. The highest BCUT2D eigenvalue weighted by Crippen LogP contribution is 2.28. The summed E-state index contributed by atoms with van der Waals surface area (Å²) < 4.78 is 11.9. The predicted molar refractivity (Wildman–Crippen MR) is 222 cm³/mol. The number of nitrogens with one attached hydrogen (secondary N) is 1. The molecule has 2 aromatic carbocycles. The quantitative estimate of drug-likeness (QED) is 0.261. The van der Waals surface area contributed by atoms with E-state index >= 15 is 0 Å². The number of nitrogens with zero attached hydrogens (tertiary/aromatic N) is 5. The fourth-order valence-electron chi connectivity index (χ4n) is 8.22. The summed E-state index contributed by atoms with van der Waals surface area (Å²) in [7, 11) is 0. The minimum Gasteiger partial charge on any atom is -0.481 e. The molecular weight excluding hydrogens is 757 g/mol. The average Bonchev–Trinajstić information content (AvgIpc) is 3.63. The lowest BCUT2D eigenvalue weighted by Crippen LogP contribution is -2.59. The summed E-state index contributed by atoms with van der Waals surface area (Å²) in [6, 6.07) is 17.9. The van der Waals surface area contributed by atoms with Crippen LogP contribution in [0.5, 0.6) is 0 Å². The van der Waals surface area contributed by atoms with E-state index in [1.165, 1.54) is 24.0 Å². The number of nitrogens with two attached hydrogens (primary N) is 1. The molecule has 0 amide bonds. The number of carboxylic acid groups (broad SMARTS) is 1. The summed E-state index contributed by atoms with van der Waals surface area (Å²) in [4.78, 5) is 16.4. The predicted octanol–water partition coefficient (Wildman–Crippen LogP) is 4.05. The zero-order chi connectivity index (χ0) is 40.2. The number of benzene rings is 2. The Labute approximate surface area is 341 Å². The van der Waals surface area contributed by atoms with Crippen LogP contribution in [-0.2, 0) is 27.1 Å². The van der Waals surface area contributed by atoms with Crippen LogP contribution in [0.1, 0.15) is 64.0 Å². The molecule has 15 heteroatoms. The third-order valence-electron chi connectivity index (χ3n) is 11.3. The first-order chi connectivity index (χ1) is 26.9. The van der Waals surface area contributed by atoms with Crippen molar-refractivity contribution in [3.05, 3.63) is 69.7 Å². The van der Waals surface area contributed by atoms with Gasteiger partial charge in [-0.15, -0.1) is 10.2 Å². The molecule has 7 rings (SSSR count). The van der Waals surface area contributed by atoms with E-state index in [1.54, 1.807) is 0 Å². The molecule has 5 aliphatic rings. The molecule has 2 aromatic rings. The second-order valence-electron chi connectivity index (χ2n) is 15.6. The van der Waals surface area contributed by atoms with Gasteiger partial charge in [0.05, 0.1) is 44.1 Å². The molecule has 5 aliphatic heterocycles. The number of likely N-dealkylation sites (tertiary alicyclic amines) is 1. The number of morpholine rings is 2. The van der Waals surface area contributed by atoms with E-state index in [4.69, 9.17) is 48.3 Å². The lowest BCUT2D eigenvalue weighted by atomic mass is 9.95. The number of ether oxygens (including phenoxy) is 2. The second kappa shape index (κ2) is 21.8. The highest BCUT2D eigenvalue weighted by atomic mass is 35.5. The summed E-state index contributed by atoms with van der Waals surface area (Å²) in [5, 5.41) is 40.6. The van der Waals surface area contributed by atoms with Crippen molar-refractivity contribution in [2.75, 3.05) is 52.5 Å². The number of aliphatic hydroxyl groups excluding tert-OH is 2. The Kier molecular flexibility index (Phi) is 17.2. The normalized spacial score (nSPS) is 26.5. The Morgan fingerprint density at radius 3 is 1.62 bits per heavy atom. The largest absolute Gasteiger partial charge is 0.481 e. The van der Waals surface area contributed by atoms with Crippen LogP contribution in [0.4, 0.5) is 0 Å². The first-order valence-corrected chi connectivity index (χ1v) is 20.8. The Hall–Kier alpha value is -2.85. The van der Waals surface area contributed by atoms with Gasteiger partial charge in [-0.3, -0.25) is 14.6 Å². The number of aliphatic carboxylic acids is 1. The molecule has 0 spiro atoms. The van der Waals surface area contributed by atoms with E-state index in [1.807, 2.05) is 38.1 Å². The van der Waals surface area contributed by atoms with Gasteiger partial charge < -0.3 is 40.7 Å². The van der Waals surface area contributed by atoms with Crippen molar-refractivity contribution >= 4 is 40.8 Å². The summed E-state index contributed by atoms with van der Waals surface area (Å²) in [5.41, 5.74) is 8.32. The van der Waals surface area contributed by atoms with Gasteiger partial charge in [-0.05, 0) is 101 Å². The maximum atomic E-state index is 10.1. The molecule has 5 heterocycles. The number of carboxylic acids is 1. The van der Waals surface area contributed by atoms with Crippen LogP contribution in [-0.4, -0.2) is 149 Å². The Bertz CT molecular complexity index is 1560.